The average molecular weight is 396 g/mol. The standard InChI is InChI=1S/C21H28N6O2/c1-13-6-5-7-14-12-16(20(29)22-17(13)14)18(26-10-8-15(28)9-11-26)19-23-24-25-27(19)21(2,3)4/h5-7,12,15,18,28H,8-11H2,1-4H3,(H,22,29)/t18-/m0/s1. The maximum Gasteiger partial charge on any atom is 0.253 e. The van der Waals surface area contributed by atoms with Crippen molar-refractivity contribution < 1.29 is 5.11 Å². The lowest BCUT2D eigenvalue weighted by Gasteiger charge is -2.36. The quantitative estimate of drug-likeness (QED) is 0.703. The molecule has 0 unspecified atom stereocenters. The van der Waals surface area contributed by atoms with E-state index < -0.39 is 0 Å². The highest BCUT2D eigenvalue weighted by molar-refractivity contribution is 5.82. The van der Waals surface area contributed by atoms with Gasteiger partial charge in [0.2, 0.25) is 0 Å². The predicted molar refractivity (Wildman–Crippen MR) is 111 cm³/mol. The number of aromatic nitrogens is 5. The summed E-state index contributed by atoms with van der Waals surface area (Å²) in [7, 11) is 0. The summed E-state index contributed by atoms with van der Waals surface area (Å²) in [5, 5.41) is 23.4. The van der Waals surface area contributed by atoms with E-state index in [9.17, 15) is 9.90 Å². The molecule has 1 atom stereocenters. The van der Waals surface area contributed by atoms with Gasteiger partial charge in [-0.2, -0.15) is 0 Å². The van der Waals surface area contributed by atoms with Crippen LogP contribution in [0.25, 0.3) is 10.9 Å². The fourth-order valence-corrected chi connectivity index (χ4v) is 4.09. The number of fused-ring (bicyclic) bond motifs is 1. The number of aromatic amines is 1. The molecule has 1 saturated heterocycles. The highest BCUT2D eigenvalue weighted by Crippen LogP contribution is 2.31. The molecule has 1 aliphatic heterocycles. The van der Waals surface area contributed by atoms with Gasteiger partial charge in [-0.3, -0.25) is 9.69 Å². The molecule has 154 valence electrons. The molecular weight excluding hydrogens is 368 g/mol. The number of benzene rings is 1. The third-order valence-corrected chi connectivity index (χ3v) is 5.65. The SMILES string of the molecule is Cc1cccc2cc([C@@H](c3nnnn3C(C)(C)C)N3CCC(O)CC3)c(=O)[nH]c12. The molecule has 1 aromatic carbocycles. The summed E-state index contributed by atoms with van der Waals surface area (Å²) in [6, 6.07) is 7.56. The summed E-state index contributed by atoms with van der Waals surface area (Å²) >= 11 is 0. The van der Waals surface area contributed by atoms with Crippen LogP contribution in [-0.4, -0.2) is 54.4 Å². The minimum atomic E-state index is -0.384. The van der Waals surface area contributed by atoms with Crippen molar-refractivity contribution in [1.29, 1.82) is 0 Å². The number of rotatable bonds is 3. The number of aliphatic hydroxyl groups is 1. The van der Waals surface area contributed by atoms with Gasteiger partial charge in [0, 0.05) is 18.7 Å². The van der Waals surface area contributed by atoms with Crippen molar-refractivity contribution in [3.63, 3.8) is 0 Å². The lowest BCUT2D eigenvalue weighted by molar-refractivity contribution is 0.0647. The molecule has 1 fully saturated rings. The van der Waals surface area contributed by atoms with Gasteiger partial charge in [-0.05, 0) is 68.0 Å². The summed E-state index contributed by atoms with van der Waals surface area (Å²) in [6.07, 6.45) is 1.03. The van der Waals surface area contributed by atoms with Gasteiger partial charge in [-0.15, -0.1) is 5.10 Å². The molecule has 0 amide bonds. The molecule has 0 saturated carbocycles. The Bertz CT molecular complexity index is 1070. The van der Waals surface area contributed by atoms with Crippen molar-refractivity contribution in [1.82, 2.24) is 30.1 Å². The van der Waals surface area contributed by atoms with Crippen LogP contribution in [0.15, 0.2) is 29.1 Å². The van der Waals surface area contributed by atoms with Crippen molar-refractivity contribution >= 4 is 10.9 Å². The number of pyridine rings is 1. The normalized spacial score (nSPS) is 17.7. The first kappa shape index (κ1) is 19.7. The third-order valence-electron chi connectivity index (χ3n) is 5.65. The second-order valence-electron chi connectivity index (χ2n) is 8.88. The second kappa shape index (κ2) is 7.35. The van der Waals surface area contributed by atoms with Gasteiger partial charge in [0.1, 0.15) is 6.04 Å². The van der Waals surface area contributed by atoms with Crippen molar-refractivity contribution in [2.75, 3.05) is 13.1 Å². The molecule has 0 bridgehead atoms. The Kier molecular flexibility index (Phi) is 5.00. The molecule has 8 nitrogen and oxygen atoms in total. The van der Waals surface area contributed by atoms with E-state index in [1.165, 1.54) is 0 Å². The molecule has 8 heteroatoms. The van der Waals surface area contributed by atoms with Crippen molar-refractivity contribution in [2.24, 2.45) is 0 Å². The smallest absolute Gasteiger partial charge is 0.253 e. The predicted octanol–water partition coefficient (Wildman–Crippen LogP) is 2.12. The number of H-pyrrole nitrogens is 1. The summed E-state index contributed by atoms with van der Waals surface area (Å²) in [5.41, 5.74) is 2.05. The first-order valence-electron chi connectivity index (χ1n) is 10.1. The Morgan fingerprint density at radius 2 is 1.97 bits per heavy atom. The van der Waals surface area contributed by atoms with Crippen LogP contribution < -0.4 is 5.56 Å². The Morgan fingerprint density at radius 1 is 1.24 bits per heavy atom. The number of aliphatic hydroxyl groups excluding tert-OH is 1. The summed E-state index contributed by atoms with van der Waals surface area (Å²) < 4.78 is 1.79. The third kappa shape index (κ3) is 3.70. The topological polar surface area (TPSA) is 99.9 Å². The zero-order valence-electron chi connectivity index (χ0n) is 17.4. The second-order valence-corrected chi connectivity index (χ2v) is 8.88. The molecule has 0 radical (unpaired) electrons. The van der Waals surface area contributed by atoms with Gasteiger partial charge in [0.05, 0.1) is 17.2 Å². The number of para-hydroxylation sites is 1. The summed E-state index contributed by atoms with van der Waals surface area (Å²) in [4.78, 5) is 18.4. The van der Waals surface area contributed by atoms with E-state index in [4.69, 9.17) is 0 Å². The van der Waals surface area contributed by atoms with Crippen molar-refractivity contribution in [3.05, 3.63) is 51.6 Å². The molecule has 0 aliphatic carbocycles. The van der Waals surface area contributed by atoms with Gasteiger partial charge in [0.15, 0.2) is 5.82 Å². The molecule has 2 aromatic heterocycles. The monoisotopic (exact) mass is 396 g/mol. The Hall–Kier alpha value is -2.58. The van der Waals surface area contributed by atoms with Crippen LogP contribution in [0.2, 0.25) is 0 Å². The Morgan fingerprint density at radius 3 is 2.66 bits per heavy atom. The minimum absolute atomic E-state index is 0.133. The number of likely N-dealkylation sites (tertiary alicyclic amines) is 1. The van der Waals surface area contributed by atoms with Crippen LogP contribution in [0.3, 0.4) is 0 Å². The van der Waals surface area contributed by atoms with Crippen LogP contribution in [0.1, 0.15) is 56.6 Å². The number of nitrogens with one attached hydrogen (secondary N) is 1. The van der Waals surface area contributed by atoms with Crippen LogP contribution in [-0.2, 0) is 5.54 Å². The largest absolute Gasteiger partial charge is 0.393 e. The zero-order valence-corrected chi connectivity index (χ0v) is 17.4. The maximum atomic E-state index is 13.2. The first-order chi connectivity index (χ1) is 13.8. The summed E-state index contributed by atoms with van der Waals surface area (Å²) in [5.74, 6) is 0.645. The lowest BCUT2D eigenvalue weighted by Crippen LogP contribution is -2.42. The maximum absolute atomic E-state index is 13.2. The summed E-state index contributed by atoms with van der Waals surface area (Å²) in [6.45, 7) is 9.46. The van der Waals surface area contributed by atoms with Crippen molar-refractivity contribution in [3.8, 4) is 0 Å². The number of hydrogen-bond acceptors (Lipinski definition) is 6. The molecule has 0 spiro atoms. The first-order valence-corrected chi connectivity index (χ1v) is 10.1. The Labute approximate surface area is 169 Å². The number of hydrogen-bond donors (Lipinski definition) is 2. The van der Waals surface area contributed by atoms with E-state index in [0.717, 1.165) is 16.5 Å². The van der Waals surface area contributed by atoms with E-state index in [1.807, 2.05) is 52.0 Å². The Balaban J connectivity index is 1.90. The zero-order chi connectivity index (χ0) is 20.8. The highest BCUT2D eigenvalue weighted by Gasteiger charge is 2.34. The van der Waals surface area contributed by atoms with E-state index in [0.29, 0.717) is 37.3 Å². The minimum Gasteiger partial charge on any atom is -0.393 e. The highest BCUT2D eigenvalue weighted by atomic mass is 16.3. The van der Waals surface area contributed by atoms with E-state index in [-0.39, 0.29) is 23.2 Å². The van der Waals surface area contributed by atoms with Gasteiger partial charge < -0.3 is 10.1 Å². The van der Waals surface area contributed by atoms with E-state index in [1.54, 1.807) is 4.68 Å². The van der Waals surface area contributed by atoms with Crippen LogP contribution in [0.4, 0.5) is 0 Å². The molecule has 4 rings (SSSR count). The van der Waals surface area contributed by atoms with Crippen LogP contribution >= 0.6 is 0 Å². The molecule has 3 heterocycles. The van der Waals surface area contributed by atoms with Crippen LogP contribution in [0, 0.1) is 6.92 Å². The lowest BCUT2D eigenvalue weighted by atomic mass is 9.98. The number of aryl methyl sites for hydroxylation is 1. The molecule has 2 N–H and O–H groups in total. The fraction of sp³-hybridized carbons (Fsp3) is 0.524. The molecule has 1 aliphatic rings. The van der Waals surface area contributed by atoms with E-state index in [2.05, 4.69) is 25.4 Å². The molecular formula is C21H28N6O2. The molecule has 29 heavy (non-hydrogen) atoms. The van der Waals surface area contributed by atoms with Gasteiger partial charge in [0.25, 0.3) is 5.56 Å². The molecule has 3 aromatic rings. The number of piperidine rings is 1. The van der Waals surface area contributed by atoms with Gasteiger partial charge in [-0.25, -0.2) is 4.68 Å². The fourth-order valence-electron chi connectivity index (χ4n) is 4.09. The average Bonchev–Trinajstić information content (AvgIpc) is 3.15. The van der Waals surface area contributed by atoms with Gasteiger partial charge in [-0.1, -0.05) is 18.2 Å². The number of tetrazole rings is 1. The van der Waals surface area contributed by atoms with Crippen molar-refractivity contribution in [2.45, 2.75) is 58.2 Å². The number of nitrogens with zero attached hydrogens (tertiary/aromatic N) is 5. The van der Waals surface area contributed by atoms with Crippen LogP contribution in [0.5, 0.6) is 0 Å². The van der Waals surface area contributed by atoms with Gasteiger partial charge >= 0.3 is 0 Å². The van der Waals surface area contributed by atoms with E-state index >= 15 is 0 Å².